The fraction of sp³-hybridized carbons (Fsp3) is 0. The zero-order chi connectivity index (χ0) is 45.7. The Morgan fingerprint density at radius 2 is 0.826 bits per heavy atom. The average Bonchev–Trinajstić information content (AvgIpc) is 3.98. The van der Waals surface area contributed by atoms with E-state index in [0.717, 1.165) is 83.6 Å². The van der Waals surface area contributed by atoms with Crippen LogP contribution in [0.1, 0.15) is 0 Å². The van der Waals surface area contributed by atoms with Crippen LogP contribution in [-0.4, -0.2) is 4.57 Å². The molecule has 0 aliphatic carbocycles. The third-order valence-corrected chi connectivity index (χ3v) is 13.6. The molecule has 11 aromatic carbocycles. The van der Waals surface area contributed by atoms with E-state index in [2.05, 4.69) is 270 Å². The van der Waals surface area contributed by atoms with Gasteiger partial charge >= 0.3 is 0 Å². The number of anilines is 3. The standard InChI is InChI=1S/C66H44N2O/c1-3-17-45(18-4-1)50-21-15-23-53(43-50)67(61-29-11-9-27-57(61)59-41-42-60-58-28-10-14-32-64(58)69-66(60)65(59)49-19-5-2-6-20-49)52-39-37-47(38-40-52)46-33-35-48(36-34-46)51-22-16-24-54(44-51)68-62-30-12-7-25-55(62)56-26-8-13-31-63(56)68/h1-44H. The van der Waals surface area contributed by atoms with Gasteiger partial charge in [0.2, 0.25) is 0 Å². The Balaban J connectivity index is 0.899. The highest BCUT2D eigenvalue weighted by molar-refractivity contribution is 6.14. The number of aromatic nitrogens is 1. The number of nitrogens with zero attached hydrogens (tertiary/aromatic N) is 2. The maximum atomic E-state index is 6.76. The first-order valence-electron chi connectivity index (χ1n) is 23.6. The summed E-state index contributed by atoms with van der Waals surface area (Å²) < 4.78 is 9.14. The number of fused-ring (bicyclic) bond motifs is 6. The molecule has 0 atom stereocenters. The van der Waals surface area contributed by atoms with Gasteiger partial charge in [-0.2, -0.15) is 0 Å². The zero-order valence-electron chi connectivity index (χ0n) is 37.7. The molecule has 0 N–H and O–H groups in total. The number of benzene rings is 11. The van der Waals surface area contributed by atoms with E-state index in [1.807, 2.05) is 6.07 Å². The molecule has 0 unspecified atom stereocenters. The van der Waals surface area contributed by atoms with Crippen molar-refractivity contribution in [3.8, 4) is 61.3 Å². The molecule has 69 heavy (non-hydrogen) atoms. The Kier molecular flexibility index (Phi) is 9.84. The highest BCUT2D eigenvalue weighted by Gasteiger charge is 2.23. The van der Waals surface area contributed by atoms with Crippen LogP contribution in [0.2, 0.25) is 0 Å². The van der Waals surface area contributed by atoms with E-state index in [-0.39, 0.29) is 0 Å². The summed E-state index contributed by atoms with van der Waals surface area (Å²) in [6.45, 7) is 0. The van der Waals surface area contributed by atoms with Gasteiger partial charge in [-0.1, -0.05) is 200 Å². The van der Waals surface area contributed by atoms with Crippen molar-refractivity contribution in [2.24, 2.45) is 0 Å². The second kappa shape index (κ2) is 16.9. The molecule has 0 saturated heterocycles. The van der Waals surface area contributed by atoms with Crippen molar-refractivity contribution >= 4 is 60.8 Å². The third-order valence-electron chi connectivity index (χ3n) is 13.6. The molecule has 0 amide bonds. The lowest BCUT2D eigenvalue weighted by molar-refractivity contribution is 0.670. The van der Waals surface area contributed by atoms with Crippen LogP contribution < -0.4 is 4.90 Å². The fourth-order valence-electron chi connectivity index (χ4n) is 10.4. The molecule has 0 fully saturated rings. The van der Waals surface area contributed by atoms with Crippen LogP contribution in [-0.2, 0) is 0 Å². The maximum absolute atomic E-state index is 6.76. The van der Waals surface area contributed by atoms with Gasteiger partial charge in [0.25, 0.3) is 0 Å². The van der Waals surface area contributed by atoms with Crippen LogP contribution in [0.15, 0.2) is 271 Å². The molecule has 0 bridgehead atoms. The Hall–Kier alpha value is -9.18. The van der Waals surface area contributed by atoms with Gasteiger partial charge in [0.1, 0.15) is 11.2 Å². The van der Waals surface area contributed by atoms with Crippen LogP contribution in [0.5, 0.6) is 0 Å². The SMILES string of the molecule is c1ccc(-c2cccc(N(c3ccc(-c4ccc(-c5cccc(-n6c7ccccc7c7ccccc76)c5)cc4)cc3)c3ccccc3-c3ccc4c(oc5ccccc54)c3-c3ccccc3)c2)cc1. The van der Waals surface area contributed by atoms with E-state index >= 15 is 0 Å². The minimum atomic E-state index is 0.883. The lowest BCUT2D eigenvalue weighted by Gasteiger charge is -2.29. The topological polar surface area (TPSA) is 21.3 Å². The molecule has 0 spiro atoms. The van der Waals surface area contributed by atoms with Gasteiger partial charge in [0.15, 0.2) is 0 Å². The second-order valence-electron chi connectivity index (χ2n) is 17.6. The largest absolute Gasteiger partial charge is 0.455 e. The summed E-state index contributed by atoms with van der Waals surface area (Å²) in [6, 6.07) is 96.0. The van der Waals surface area contributed by atoms with Crippen molar-refractivity contribution in [3.63, 3.8) is 0 Å². The van der Waals surface area contributed by atoms with Crippen LogP contribution in [0.25, 0.3) is 105 Å². The zero-order valence-corrected chi connectivity index (χ0v) is 37.7. The lowest BCUT2D eigenvalue weighted by atomic mass is 9.91. The molecule has 3 nitrogen and oxygen atoms in total. The quantitative estimate of drug-likeness (QED) is 0.144. The van der Waals surface area contributed by atoms with E-state index in [0.29, 0.717) is 0 Å². The van der Waals surface area contributed by atoms with Crippen LogP contribution in [0.4, 0.5) is 17.1 Å². The number of rotatable bonds is 9. The minimum Gasteiger partial charge on any atom is -0.455 e. The predicted molar refractivity (Wildman–Crippen MR) is 290 cm³/mol. The molecule has 2 aromatic heterocycles. The molecule has 2 heterocycles. The van der Waals surface area contributed by atoms with E-state index in [9.17, 15) is 0 Å². The lowest BCUT2D eigenvalue weighted by Crippen LogP contribution is -2.11. The summed E-state index contributed by atoms with van der Waals surface area (Å²) in [6.07, 6.45) is 0. The molecule has 324 valence electrons. The van der Waals surface area contributed by atoms with Crippen molar-refractivity contribution in [3.05, 3.63) is 267 Å². The van der Waals surface area contributed by atoms with Crippen molar-refractivity contribution in [2.45, 2.75) is 0 Å². The van der Waals surface area contributed by atoms with Gasteiger partial charge in [-0.15, -0.1) is 0 Å². The molecule has 0 aliphatic heterocycles. The van der Waals surface area contributed by atoms with Gasteiger partial charge < -0.3 is 13.9 Å². The Bertz CT molecular complexity index is 3940. The van der Waals surface area contributed by atoms with E-state index in [4.69, 9.17) is 4.42 Å². The normalized spacial score (nSPS) is 11.5. The van der Waals surface area contributed by atoms with Gasteiger partial charge in [-0.3, -0.25) is 0 Å². The molecule has 0 saturated carbocycles. The predicted octanol–water partition coefficient (Wildman–Crippen LogP) is 18.5. The number of furan rings is 1. The molecular formula is C66H44N2O. The number of hydrogen-bond donors (Lipinski definition) is 0. The summed E-state index contributed by atoms with van der Waals surface area (Å²) in [4.78, 5) is 2.40. The van der Waals surface area contributed by atoms with E-state index in [1.165, 1.54) is 38.5 Å². The molecule has 0 radical (unpaired) electrons. The molecule has 0 aliphatic rings. The van der Waals surface area contributed by atoms with Crippen molar-refractivity contribution < 1.29 is 4.42 Å². The van der Waals surface area contributed by atoms with Crippen molar-refractivity contribution in [2.75, 3.05) is 4.90 Å². The molecule has 3 heteroatoms. The van der Waals surface area contributed by atoms with Gasteiger partial charge in [0.05, 0.1) is 16.7 Å². The number of para-hydroxylation sites is 4. The highest BCUT2D eigenvalue weighted by atomic mass is 16.3. The first-order valence-corrected chi connectivity index (χ1v) is 23.6. The number of hydrogen-bond acceptors (Lipinski definition) is 2. The summed E-state index contributed by atoms with van der Waals surface area (Å²) in [5, 5.41) is 4.75. The van der Waals surface area contributed by atoms with Crippen LogP contribution in [0.3, 0.4) is 0 Å². The molecule has 13 aromatic rings. The van der Waals surface area contributed by atoms with Crippen LogP contribution >= 0.6 is 0 Å². The highest BCUT2D eigenvalue weighted by Crippen LogP contribution is 2.48. The third kappa shape index (κ3) is 7.08. The Morgan fingerprint density at radius 3 is 1.54 bits per heavy atom. The Morgan fingerprint density at radius 1 is 0.304 bits per heavy atom. The maximum Gasteiger partial charge on any atom is 0.143 e. The second-order valence-corrected chi connectivity index (χ2v) is 17.6. The van der Waals surface area contributed by atoms with E-state index < -0.39 is 0 Å². The summed E-state index contributed by atoms with van der Waals surface area (Å²) in [5.41, 5.74) is 19.9. The average molecular weight is 881 g/mol. The monoisotopic (exact) mass is 880 g/mol. The van der Waals surface area contributed by atoms with Gasteiger partial charge in [-0.05, 0) is 111 Å². The summed E-state index contributed by atoms with van der Waals surface area (Å²) in [5.74, 6) is 0. The van der Waals surface area contributed by atoms with Crippen LogP contribution in [0, 0.1) is 0 Å². The Labute approximate surface area is 401 Å². The van der Waals surface area contributed by atoms with Crippen molar-refractivity contribution in [1.29, 1.82) is 0 Å². The first-order chi connectivity index (χ1) is 34.2. The molecule has 13 rings (SSSR count). The summed E-state index contributed by atoms with van der Waals surface area (Å²) >= 11 is 0. The summed E-state index contributed by atoms with van der Waals surface area (Å²) in [7, 11) is 0. The van der Waals surface area contributed by atoms with Gasteiger partial charge in [0, 0.05) is 49.7 Å². The van der Waals surface area contributed by atoms with E-state index in [1.54, 1.807) is 0 Å². The smallest absolute Gasteiger partial charge is 0.143 e. The first kappa shape index (κ1) is 40.1. The van der Waals surface area contributed by atoms with Crippen molar-refractivity contribution in [1.82, 2.24) is 4.57 Å². The minimum absolute atomic E-state index is 0.883. The van der Waals surface area contributed by atoms with Gasteiger partial charge in [-0.25, -0.2) is 0 Å². The fourth-order valence-corrected chi connectivity index (χ4v) is 10.4. The molecular weight excluding hydrogens is 837 g/mol.